The third kappa shape index (κ3) is 1.71. The molecule has 3 aliphatic rings. The van der Waals surface area contributed by atoms with Crippen LogP contribution < -0.4 is 0 Å². The Morgan fingerprint density at radius 1 is 0.375 bits per heavy atom. The summed E-state index contributed by atoms with van der Waals surface area (Å²) in [6.07, 6.45) is 0. The molecule has 0 aromatic heterocycles. The largest absolute Gasteiger partial charge is 0.0719 e. The minimum Gasteiger partial charge on any atom is -0.0619 e. The van der Waals surface area contributed by atoms with E-state index in [0.717, 1.165) is 0 Å². The van der Waals surface area contributed by atoms with Crippen LogP contribution in [0.15, 0.2) is 115 Å². The SMILES string of the molecule is c1ccc2c(c1)-c1cccc3c1C2c1ccccc1C31c2ccccc2-c2ccccc21. The van der Waals surface area contributed by atoms with Crippen molar-refractivity contribution in [3.05, 3.63) is 154 Å². The fourth-order valence-corrected chi connectivity index (χ4v) is 6.96. The van der Waals surface area contributed by atoms with E-state index in [0.29, 0.717) is 5.92 Å². The molecule has 0 saturated carbocycles. The van der Waals surface area contributed by atoms with Gasteiger partial charge in [-0.15, -0.1) is 0 Å². The molecule has 5 aromatic carbocycles. The Morgan fingerprint density at radius 2 is 0.875 bits per heavy atom. The van der Waals surface area contributed by atoms with Crippen molar-refractivity contribution < 1.29 is 0 Å². The summed E-state index contributed by atoms with van der Waals surface area (Å²) < 4.78 is 0. The third-order valence-electron chi connectivity index (χ3n) is 7.99. The minimum absolute atomic E-state index is 0.270. The average Bonchev–Trinajstić information content (AvgIpc) is 3.35. The van der Waals surface area contributed by atoms with Crippen molar-refractivity contribution >= 4 is 0 Å². The predicted molar refractivity (Wildman–Crippen MR) is 130 cm³/mol. The summed E-state index contributed by atoms with van der Waals surface area (Å²) in [6, 6.07) is 43.3. The highest BCUT2D eigenvalue weighted by molar-refractivity contribution is 5.92. The van der Waals surface area contributed by atoms with Crippen molar-refractivity contribution in [3.63, 3.8) is 0 Å². The maximum atomic E-state index is 2.40. The van der Waals surface area contributed by atoms with Crippen molar-refractivity contribution in [3.8, 4) is 22.3 Å². The highest BCUT2D eigenvalue weighted by atomic mass is 14.5. The summed E-state index contributed by atoms with van der Waals surface area (Å²) in [5, 5.41) is 0. The summed E-state index contributed by atoms with van der Waals surface area (Å²) >= 11 is 0. The molecular weight excluding hydrogens is 384 g/mol. The van der Waals surface area contributed by atoms with Gasteiger partial charge >= 0.3 is 0 Å². The highest BCUT2D eigenvalue weighted by Gasteiger charge is 2.53. The van der Waals surface area contributed by atoms with Gasteiger partial charge in [0.1, 0.15) is 0 Å². The lowest BCUT2D eigenvalue weighted by Crippen LogP contribution is -2.35. The third-order valence-corrected chi connectivity index (χ3v) is 7.99. The van der Waals surface area contributed by atoms with Gasteiger partial charge in [0.2, 0.25) is 0 Å². The van der Waals surface area contributed by atoms with Gasteiger partial charge in [0.05, 0.1) is 5.41 Å². The van der Waals surface area contributed by atoms with E-state index in [2.05, 4.69) is 115 Å². The van der Waals surface area contributed by atoms with Crippen LogP contribution >= 0.6 is 0 Å². The molecule has 0 radical (unpaired) electrons. The molecule has 0 saturated heterocycles. The van der Waals surface area contributed by atoms with E-state index >= 15 is 0 Å². The molecule has 1 spiro atoms. The lowest BCUT2D eigenvalue weighted by atomic mass is 9.59. The fourth-order valence-electron chi connectivity index (χ4n) is 6.96. The Kier molecular flexibility index (Phi) is 2.96. The van der Waals surface area contributed by atoms with Crippen LogP contribution in [0, 0.1) is 0 Å². The van der Waals surface area contributed by atoms with Gasteiger partial charge in [-0.05, 0) is 61.2 Å². The Balaban J connectivity index is 1.62. The molecule has 0 bridgehead atoms. The summed E-state index contributed by atoms with van der Waals surface area (Å²) in [6.45, 7) is 0. The van der Waals surface area contributed by atoms with Crippen LogP contribution in [0.25, 0.3) is 22.3 Å². The molecule has 3 aliphatic carbocycles. The van der Waals surface area contributed by atoms with E-state index in [1.165, 1.54) is 61.2 Å². The molecule has 0 heterocycles. The maximum absolute atomic E-state index is 2.40. The first-order valence-electron chi connectivity index (χ1n) is 11.4. The van der Waals surface area contributed by atoms with Crippen LogP contribution in [0.3, 0.4) is 0 Å². The summed E-state index contributed by atoms with van der Waals surface area (Å²) in [7, 11) is 0. The Hall–Kier alpha value is -3.90. The predicted octanol–water partition coefficient (Wildman–Crippen LogP) is 7.52. The standard InChI is InChI=1S/C32H20/c1-2-13-23-20(10-1)24-15-9-19-29-31(24)30(23)25-14-5-8-18-28(25)32(29)26-16-6-3-11-21(26)22-12-4-7-17-27(22)32/h1-19,30H. The first kappa shape index (κ1) is 16.8. The number of rotatable bonds is 0. The zero-order chi connectivity index (χ0) is 20.9. The topological polar surface area (TPSA) is 0 Å². The molecular formula is C32H20. The van der Waals surface area contributed by atoms with Crippen molar-refractivity contribution in [2.45, 2.75) is 11.3 Å². The smallest absolute Gasteiger partial charge is 0.0619 e. The van der Waals surface area contributed by atoms with Crippen molar-refractivity contribution in [1.82, 2.24) is 0 Å². The molecule has 148 valence electrons. The molecule has 32 heavy (non-hydrogen) atoms. The molecule has 0 N–H and O–H groups in total. The normalized spacial score (nSPS) is 17.3. The zero-order valence-corrected chi connectivity index (χ0v) is 17.5. The molecule has 1 atom stereocenters. The van der Waals surface area contributed by atoms with E-state index in [9.17, 15) is 0 Å². The molecule has 0 fully saturated rings. The van der Waals surface area contributed by atoms with Crippen LogP contribution in [0.5, 0.6) is 0 Å². The van der Waals surface area contributed by atoms with Gasteiger partial charge < -0.3 is 0 Å². The van der Waals surface area contributed by atoms with Crippen molar-refractivity contribution in [1.29, 1.82) is 0 Å². The molecule has 0 heteroatoms. The molecule has 0 nitrogen and oxygen atoms in total. The monoisotopic (exact) mass is 404 g/mol. The van der Waals surface area contributed by atoms with Gasteiger partial charge in [0, 0.05) is 5.92 Å². The van der Waals surface area contributed by atoms with Gasteiger partial charge in [0.25, 0.3) is 0 Å². The van der Waals surface area contributed by atoms with E-state index in [1.54, 1.807) is 0 Å². The molecule has 0 aliphatic heterocycles. The van der Waals surface area contributed by atoms with Crippen LogP contribution in [0.2, 0.25) is 0 Å². The molecule has 5 aromatic rings. The van der Waals surface area contributed by atoms with Gasteiger partial charge in [-0.3, -0.25) is 0 Å². The summed E-state index contributed by atoms with van der Waals surface area (Å²) in [5.74, 6) is 0.305. The van der Waals surface area contributed by atoms with Crippen LogP contribution in [-0.2, 0) is 5.41 Å². The van der Waals surface area contributed by atoms with E-state index < -0.39 is 0 Å². The zero-order valence-electron chi connectivity index (χ0n) is 17.5. The van der Waals surface area contributed by atoms with Crippen molar-refractivity contribution in [2.75, 3.05) is 0 Å². The second kappa shape index (κ2) is 5.66. The Morgan fingerprint density at radius 3 is 1.59 bits per heavy atom. The van der Waals surface area contributed by atoms with Gasteiger partial charge in [-0.25, -0.2) is 0 Å². The number of benzene rings is 5. The first-order valence-corrected chi connectivity index (χ1v) is 11.4. The Bertz CT molecular complexity index is 1540. The fraction of sp³-hybridized carbons (Fsp3) is 0.0625. The second-order valence-corrected chi connectivity index (χ2v) is 9.22. The summed E-state index contributed by atoms with van der Waals surface area (Å²) in [5.41, 5.74) is 15.4. The van der Waals surface area contributed by atoms with E-state index in [-0.39, 0.29) is 5.41 Å². The summed E-state index contributed by atoms with van der Waals surface area (Å²) in [4.78, 5) is 0. The van der Waals surface area contributed by atoms with Gasteiger partial charge in [-0.2, -0.15) is 0 Å². The van der Waals surface area contributed by atoms with Gasteiger partial charge in [-0.1, -0.05) is 115 Å². The molecule has 0 amide bonds. The number of hydrogen-bond acceptors (Lipinski definition) is 0. The van der Waals surface area contributed by atoms with Gasteiger partial charge in [0.15, 0.2) is 0 Å². The maximum Gasteiger partial charge on any atom is 0.0719 e. The molecule has 8 rings (SSSR count). The van der Waals surface area contributed by atoms with E-state index in [1.807, 2.05) is 0 Å². The lowest BCUT2D eigenvalue weighted by Gasteiger charge is -2.42. The Labute approximate surface area is 187 Å². The molecule has 1 unspecified atom stereocenters. The quantitative estimate of drug-likeness (QED) is 0.245. The lowest BCUT2D eigenvalue weighted by molar-refractivity contribution is 0.704. The second-order valence-electron chi connectivity index (χ2n) is 9.22. The van der Waals surface area contributed by atoms with Crippen LogP contribution in [0.4, 0.5) is 0 Å². The number of fused-ring (bicyclic) bond motifs is 12. The van der Waals surface area contributed by atoms with Crippen LogP contribution in [-0.4, -0.2) is 0 Å². The minimum atomic E-state index is -0.270. The average molecular weight is 405 g/mol. The van der Waals surface area contributed by atoms with Crippen molar-refractivity contribution in [2.24, 2.45) is 0 Å². The van der Waals surface area contributed by atoms with Crippen LogP contribution in [0.1, 0.15) is 44.9 Å². The highest BCUT2D eigenvalue weighted by Crippen LogP contribution is 2.64. The number of hydrogen-bond donors (Lipinski definition) is 0. The van der Waals surface area contributed by atoms with E-state index in [4.69, 9.17) is 0 Å². The first-order chi connectivity index (χ1) is 15.9.